The van der Waals surface area contributed by atoms with Gasteiger partial charge in [-0.1, -0.05) is 41.9 Å². The van der Waals surface area contributed by atoms with E-state index >= 15 is 0 Å². The quantitative estimate of drug-likeness (QED) is 0.170. The summed E-state index contributed by atoms with van der Waals surface area (Å²) in [5.41, 5.74) is 4.16. The molecule has 3 aromatic carbocycles. The predicted octanol–water partition coefficient (Wildman–Crippen LogP) is 6.80. The van der Waals surface area contributed by atoms with Crippen LogP contribution in [0.3, 0.4) is 0 Å². The molecule has 0 aliphatic carbocycles. The van der Waals surface area contributed by atoms with Crippen molar-refractivity contribution in [3.8, 4) is 0 Å². The number of fused-ring (bicyclic) bond motifs is 1. The van der Waals surface area contributed by atoms with Gasteiger partial charge in [-0.15, -0.1) is 0 Å². The van der Waals surface area contributed by atoms with Crippen molar-refractivity contribution in [3.05, 3.63) is 110 Å². The molecule has 0 bridgehead atoms. The third-order valence-electron chi connectivity index (χ3n) is 5.92. The Kier molecular flexibility index (Phi) is 5.92. The van der Waals surface area contributed by atoms with Crippen LogP contribution in [0.1, 0.15) is 16.8 Å². The van der Waals surface area contributed by atoms with Crippen molar-refractivity contribution < 1.29 is 14.5 Å². The highest BCUT2D eigenvalue weighted by Crippen LogP contribution is 2.38. The number of anilines is 1. The van der Waals surface area contributed by atoms with Crippen molar-refractivity contribution >= 4 is 62.9 Å². The fourth-order valence-electron chi connectivity index (χ4n) is 4.16. The number of nitro groups is 1. The summed E-state index contributed by atoms with van der Waals surface area (Å²) in [6.07, 6.45) is 1.77. The highest BCUT2D eigenvalue weighted by molar-refractivity contribution is 8.19. The topological polar surface area (TPSA) is 85.5 Å². The van der Waals surface area contributed by atoms with Crippen LogP contribution < -0.4 is 4.90 Å². The summed E-state index contributed by atoms with van der Waals surface area (Å²) in [6, 6.07) is 20.8. The summed E-state index contributed by atoms with van der Waals surface area (Å²) in [5.74, 6) is -0.381. The van der Waals surface area contributed by atoms with Crippen LogP contribution in [0.4, 0.5) is 16.2 Å². The number of thioether (sulfide) groups is 1. The Morgan fingerprint density at radius 3 is 2.37 bits per heavy atom. The number of hydrogen-bond donors (Lipinski definition) is 0. The van der Waals surface area contributed by atoms with E-state index in [1.165, 1.54) is 12.1 Å². The summed E-state index contributed by atoms with van der Waals surface area (Å²) in [7, 11) is 0. The van der Waals surface area contributed by atoms with Crippen LogP contribution in [-0.2, 0) is 11.3 Å². The zero-order valence-corrected chi connectivity index (χ0v) is 20.0. The minimum absolute atomic E-state index is 0.0416. The fourth-order valence-corrected chi connectivity index (χ4v) is 5.11. The number of rotatable bonds is 5. The predicted molar refractivity (Wildman–Crippen MR) is 139 cm³/mol. The van der Waals surface area contributed by atoms with Gasteiger partial charge in [-0.05, 0) is 60.7 Å². The monoisotopic (exact) mass is 503 g/mol. The van der Waals surface area contributed by atoms with Crippen LogP contribution in [0.5, 0.6) is 0 Å². The number of carbonyl (C=O) groups excluding carboxylic acids is 2. The smallest absolute Gasteiger partial charge is 0.298 e. The van der Waals surface area contributed by atoms with E-state index in [0.717, 1.165) is 44.4 Å². The SMILES string of the molecule is Cc1c(/C=C2/SC(=O)N(c3ccc(Cl)cc3)C2=O)c2ccccc2n1Cc1ccc([N+](=O)[O-])cc1. The molecule has 1 aromatic heterocycles. The van der Waals surface area contributed by atoms with Gasteiger partial charge in [-0.25, -0.2) is 4.90 Å². The third kappa shape index (κ3) is 4.22. The van der Waals surface area contributed by atoms with Crippen molar-refractivity contribution in [1.82, 2.24) is 4.57 Å². The molecule has 2 heterocycles. The molecule has 0 radical (unpaired) electrons. The normalized spacial score (nSPS) is 14.9. The lowest BCUT2D eigenvalue weighted by Gasteiger charge is -2.12. The first-order valence-corrected chi connectivity index (χ1v) is 11.9. The minimum Gasteiger partial charge on any atom is -0.340 e. The van der Waals surface area contributed by atoms with Crippen LogP contribution in [-0.4, -0.2) is 20.6 Å². The van der Waals surface area contributed by atoms with Crippen LogP contribution >= 0.6 is 23.4 Å². The van der Waals surface area contributed by atoms with Crippen LogP contribution in [0.15, 0.2) is 77.7 Å². The molecule has 0 saturated carbocycles. The summed E-state index contributed by atoms with van der Waals surface area (Å²) in [6.45, 7) is 2.46. The molecule has 0 spiro atoms. The molecule has 0 atom stereocenters. The number of aromatic nitrogens is 1. The molecule has 1 aliphatic heterocycles. The number of amides is 2. The van der Waals surface area contributed by atoms with Gasteiger partial charge >= 0.3 is 0 Å². The average molecular weight is 504 g/mol. The van der Waals surface area contributed by atoms with Gasteiger partial charge in [0.15, 0.2) is 0 Å². The number of non-ortho nitro benzene ring substituents is 1. The van der Waals surface area contributed by atoms with E-state index in [2.05, 4.69) is 4.57 Å². The lowest BCUT2D eigenvalue weighted by molar-refractivity contribution is -0.384. The molecule has 9 heteroatoms. The second-order valence-corrected chi connectivity index (χ2v) is 9.45. The van der Waals surface area contributed by atoms with Crippen molar-refractivity contribution in [1.29, 1.82) is 0 Å². The summed E-state index contributed by atoms with van der Waals surface area (Å²) < 4.78 is 2.10. The van der Waals surface area contributed by atoms with Gasteiger partial charge in [0.2, 0.25) is 0 Å². The second kappa shape index (κ2) is 9.05. The van der Waals surface area contributed by atoms with E-state index < -0.39 is 4.92 Å². The molecule has 35 heavy (non-hydrogen) atoms. The Hall–Kier alpha value is -3.88. The average Bonchev–Trinajstić information content (AvgIpc) is 3.28. The van der Waals surface area contributed by atoms with Gasteiger partial charge in [-0.2, -0.15) is 0 Å². The lowest BCUT2D eigenvalue weighted by Crippen LogP contribution is -2.27. The lowest BCUT2D eigenvalue weighted by atomic mass is 10.1. The van der Waals surface area contributed by atoms with E-state index in [0.29, 0.717) is 22.2 Å². The standard InChI is InChI=1S/C26H18ClN3O4S/c1-16-22(14-24-25(31)29(26(32)35-24)19-12-8-18(27)9-13-19)21-4-2-3-5-23(21)28(16)15-17-6-10-20(11-7-17)30(33)34/h2-14H,15H2,1H3/b24-14+. The first kappa shape index (κ1) is 22.9. The Bertz CT molecular complexity index is 1520. The molecule has 1 aliphatic rings. The van der Waals surface area contributed by atoms with E-state index in [4.69, 9.17) is 11.6 Å². The Labute approximate surface area is 209 Å². The molecule has 2 amide bonds. The van der Waals surface area contributed by atoms with Crippen molar-refractivity contribution in [3.63, 3.8) is 0 Å². The maximum absolute atomic E-state index is 13.2. The number of carbonyl (C=O) groups is 2. The second-order valence-electron chi connectivity index (χ2n) is 8.02. The van der Waals surface area contributed by atoms with Crippen molar-refractivity contribution in [2.24, 2.45) is 0 Å². The maximum Gasteiger partial charge on any atom is 0.298 e. The zero-order chi connectivity index (χ0) is 24.7. The van der Waals surface area contributed by atoms with Crippen LogP contribution in [0.25, 0.3) is 17.0 Å². The van der Waals surface area contributed by atoms with E-state index in [9.17, 15) is 19.7 Å². The largest absolute Gasteiger partial charge is 0.340 e. The van der Waals surface area contributed by atoms with Gasteiger partial charge < -0.3 is 4.57 Å². The molecule has 0 unspecified atom stereocenters. The number of nitro benzene ring substituents is 1. The molecule has 4 aromatic rings. The van der Waals surface area contributed by atoms with Crippen molar-refractivity contribution in [2.45, 2.75) is 13.5 Å². The number of imide groups is 1. The Morgan fingerprint density at radius 1 is 1.00 bits per heavy atom. The highest BCUT2D eigenvalue weighted by Gasteiger charge is 2.36. The molecule has 174 valence electrons. The van der Waals surface area contributed by atoms with E-state index in [-0.39, 0.29) is 16.8 Å². The number of halogens is 1. The molecule has 0 N–H and O–H groups in total. The Balaban J connectivity index is 1.53. The number of hydrogen-bond acceptors (Lipinski definition) is 5. The number of nitrogens with zero attached hydrogens (tertiary/aromatic N) is 3. The summed E-state index contributed by atoms with van der Waals surface area (Å²) in [5, 5.41) is 12.1. The molecule has 7 nitrogen and oxygen atoms in total. The zero-order valence-electron chi connectivity index (χ0n) is 18.5. The summed E-state index contributed by atoms with van der Waals surface area (Å²) >= 11 is 6.85. The molecule has 1 fully saturated rings. The van der Waals surface area contributed by atoms with Gasteiger partial charge in [-0.3, -0.25) is 19.7 Å². The van der Waals surface area contributed by atoms with Gasteiger partial charge in [0, 0.05) is 45.9 Å². The van der Waals surface area contributed by atoms with Crippen LogP contribution in [0, 0.1) is 17.0 Å². The number of para-hydroxylation sites is 1. The van der Waals surface area contributed by atoms with E-state index in [1.54, 1.807) is 42.5 Å². The molecule has 5 rings (SSSR count). The van der Waals surface area contributed by atoms with E-state index in [1.807, 2.05) is 31.2 Å². The highest BCUT2D eigenvalue weighted by atomic mass is 35.5. The van der Waals surface area contributed by atoms with Gasteiger partial charge in [0.25, 0.3) is 16.8 Å². The van der Waals surface area contributed by atoms with Gasteiger partial charge in [0.1, 0.15) is 0 Å². The van der Waals surface area contributed by atoms with Crippen molar-refractivity contribution in [2.75, 3.05) is 4.90 Å². The minimum atomic E-state index is -0.421. The summed E-state index contributed by atoms with van der Waals surface area (Å²) in [4.78, 5) is 37.9. The third-order valence-corrected chi connectivity index (χ3v) is 7.04. The Morgan fingerprint density at radius 2 is 1.69 bits per heavy atom. The first-order chi connectivity index (χ1) is 16.8. The molecular weight excluding hydrogens is 486 g/mol. The van der Waals surface area contributed by atoms with Gasteiger partial charge in [0.05, 0.1) is 15.5 Å². The first-order valence-electron chi connectivity index (χ1n) is 10.7. The molecular formula is C26H18ClN3O4S. The maximum atomic E-state index is 13.2. The van der Waals surface area contributed by atoms with Crippen LogP contribution in [0.2, 0.25) is 5.02 Å². The number of benzene rings is 3. The fraction of sp³-hybridized carbons (Fsp3) is 0.0769. The molecule has 1 saturated heterocycles.